The van der Waals surface area contributed by atoms with Crippen LogP contribution in [0.5, 0.6) is 5.75 Å². The van der Waals surface area contributed by atoms with Gasteiger partial charge in [0.25, 0.3) is 5.91 Å². The molecule has 182 valence electrons. The molecule has 1 saturated carbocycles. The molecule has 0 bridgehead atoms. The largest absolute Gasteiger partial charge is 0.427 e. The molecule has 3 aromatic rings. The van der Waals surface area contributed by atoms with Crippen molar-refractivity contribution in [1.82, 2.24) is 9.80 Å². The predicted molar refractivity (Wildman–Crippen MR) is 139 cm³/mol. The quantitative estimate of drug-likeness (QED) is 0.385. The van der Waals surface area contributed by atoms with Crippen molar-refractivity contribution < 1.29 is 14.3 Å². The molecule has 1 aliphatic carbocycles. The zero-order valence-electron chi connectivity index (χ0n) is 20.9. The number of hydrogen-bond donors (Lipinski definition) is 0. The van der Waals surface area contributed by atoms with Crippen LogP contribution >= 0.6 is 0 Å². The van der Waals surface area contributed by atoms with Gasteiger partial charge in [0.1, 0.15) is 5.75 Å². The molecule has 5 nitrogen and oxygen atoms in total. The van der Waals surface area contributed by atoms with Crippen molar-refractivity contribution in [2.75, 3.05) is 27.2 Å². The second-order valence-corrected chi connectivity index (χ2v) is 10.4. The molecule has 0 radical (unpaired) electrons. The number of carbonyl (C=O) groups excluding carboxylic acids is 2. The van der Waals surface area contributed by atoms with Crippen molar-refractivity contribution in [3.05, 3.63) is 77.9 Å². The summed E-state index contributed by atoms with van der Waals surface area (Å²) in [5.41, 5.74) is 1.93. The highest BCUT2D eigenvalue weighted by molar-refractivity contribution is 5.98. The maximum absolute atomic E-state index is 13.6. The Morgan fingerprint density at radius 3 is 2.60 bits per heavy atom. The highest BCUT2D eigenvalue weighted by Gasteiger charge is 2.48. The number of rotatable bonds is 4. The maximum atomic E-state index is 13.6. The summed E-state index contributed by atoms with van der Waals surface area (Å²) in [5, 5.41) is 2.23. The number of ether oxygens (including phenoxy) is 1. The van der Waals surface area contributed by atoms with E-state index in [0.29, 0.717) is 11.7 Å². The predicted octanol–water partition coefficient (Wildman–Crippen LogP) is 5.28. The molecule has 0 N–H and O–H groups in total. The van der Waals surface area contributed by atoms with Crippen molar-refractivity contribution in [3.8, 4) is 5.75 Å². The molecule has 2 fully saturated rings. The van der Waals surface area contributed by atoms with Gasteiger partial charge in [0, 0.05) is 37.5 Å². The molecule has 1 heterocycles. The first-order valence-corrected chi connectivity index (χ1v) is 12.6. The number of piperidine rings is 1. The van der Waals surface area contributed by atoms with E-state index in [1.54, 1.807) is 0 Å². The molecule has 3 atom stereocenters. The van der Waals surface area contributed by atoms with Gasteiger partial charge in [0.2, 0.25) is 0 Å². The summed E-state index contributed by atoms with van der Waals surface area (Å²) in [6, 6.07) is 22.4. The van der Waals surface area contributed by atoms with Crippen molar-refractivity contribution in [1.29, 1.82) is 0 Å². The van der Waals surface area contributed by atoms with Crippen LogP contribution in [0.4, 0.5) is 0 Å². The molecule has 2 aliphatic rings. The van der Waals surface area contributed by atoms with E-state index in [4.69, 9.17) is 4.74 Å². The van der Waals surface area contributed by atoms with Crippen LogP contribution in [0.1, 0.15) is 48.5 Å². The van der Waals surface area contributed by atoms with Gasteiger partial charge in [-0.2, -0.15) is 0 Å². The van der Waals surface area contributed by atoms with Crippen LogP contribution in [0, 0.1) is 5.92 Å². The summed E-state index contributed by atoms with van der Waals surface area (Å²) in [6.07, 6.45) is 4.03. The molecule has 1 aliphatic heterocycles. The Morgan fingerprint density at radius 2 is 1.80 bits per heavy atom. The van der Waals surface area contributed by atoms with Crippen molar-refractivity contribution >= 4 is 22.6 Å². The molecule has 1 saturated heterocycles. The fraction of sp³-hybridized carbons (Fsp3) is 0.400. The van der Waals surface area contributed by atoms with E-state index >= 15 is 0 Å². The summed E-state index contributed by atoms with van der Waals surface area (Å²) in [6.45, 7) is 3.50. The van der Waals surface area contributed by atoms with E-state index in [1.165, 1.54) is 12.5 Å². The second kappa shape index (κ2) is 9.46. The zero-order chi connectivity index (χ0) is 24.6. The van der Waals surface area contributed by atoms with Crippen LogP contribution in [0.3, 0.4) is 0 Å². The number of likely N-dealkylation sites (tertiary alicyclic amines) is 1. The number of carbonyl (C=O) groups is 2. The van der Waals surface area contributed by atoms with E-state index in [9.17, 15) is 9.59 Å². The lowest BCUT2D eigenvalue weighted by molar-refractivity contribution is -0.131. The fourth-order valence-electron chi connectivity index (χ4n) is 6.34. The van der Waals surface area contributed by atoms with Crippen molar-refractivity contribution in [2.45, 2.75) is 44.1 Å². The summed E-state index contributed by atoms with van der Waals surface area (Å²) >= 11 is 0. The van der Waals surface area contributed by atoms with E-state index in [2.05, 4.69) is 30.1 Å². The molecule has 5 rings (SSSR count). The average Bonchev–Trinajstić information content (AvgIpc) is 2.87. The van der Waals surface area contributed by atoms with Crippen LogP contribution in [0.25, 0.3) is 10.8 Å². The first kappa shape index (κ1) is 23.6. The minimum atomic E-state index is -0.304. The van der Waals surface area contributed by atoms with Crippen LogP contribution in [-0.2, 0) is 10.2 Å². The number of fused-ring (bicyclic) bond motifs is 2. The zero-order valence-corrected chi connectivity index (χ0v) is 20.9. The Kier molecular flexibility index (Phi) is 6.37. The number of amides is 1. The summed E-state index contributed by atoms with van der Waals surface area (Å²) in [4.78, 5) is 29.5. The highest BCUT2D eigenvalue weighted by Crippen LogP contribution is 2.50. The SMILES string of the molecule is CC(=O)Oc1cccc([C@@]23CCN(C)C[C@H]2CC[C@H](N(C)C(=O)c2ccc4ccccc4c2)C3)c1. The lowest BCUT2D eigenvalue weighted by Crippen LogP contribution is -2.55. The van der Waals surface area contributed by atoms with E-state index in [-0.39, 0.29) is 23.3 Å². The Hall–Kier alpha value is -3.18. The third kappa shape index (κ3) is 4.57. The maximum Gasteiger partial charge on any atom is 0.308 e. The first-order chi connectivity index (χ1) is 16.9. The lowest BCUT2D eigenvalue weighted by atomic mass is 9.58. The molecule has 1 amide bonds. The van der Waals surface area contributed by atoms with Crippen molar-refractivity contribution in [2.24, 2.45) is 5.92 Å². The van der Waals surface area contributed by atoms with E-state index in [1.807, 2.05) is 60.5 Å². The van der Waals surface area contributed by atoms with Gasteiger partial charge in [-0.1, -0.05) is 42.5 Å². The Labute approximate surface area is 207 Å². The van der Waals surface area contributed by atoms with Gasteiger partial charge in [-0.15, -0.1) is 0 Å². The van der Waals surface area contributed by atoms with Crippen molar-refractivity contribution in [3.63, 3.8) is 0 Å². The molecule has 0 aromatic heterocycles. The van der Waals surface area contributed by atoms with Gasteiger partial charge in [-0.25, -0.2) is 0 Å². The number of nitrogens with zero attached hydrogens (tertiary/aromatic N) is 2. The lowest BCUT2D eigenvalue weighted by Gasteiger charge is -2.53. The van der Waals surface area contributed by atoms with Gasteiger partial charge in [0.05, 0.1) is 0 Å². The summed E-state index contributed by atoms with van der Waals surface area (Å²) < 4.78 is 5.43. The smallest absolute Gasteiger partial charge is 0.308 e. The van der Waals surface area contributed by atoms with Gasteiger partial charge in [-0.3, -0.25) is 9.59 Å². The van der Waals surface area contributed by atoms with Crippen LogP contribution < -0.4 is 4.74 Å². The first-order valence-electron chi connectivity index (χ1n) is 12.6. The van der Waals surface area contributed by atoms with E-state index in [0.717, 1.165) is 55.1 Å². The van der Waals surface area contributed by atoms with E-state index < -0.39 is 0 Å². The van der Waals surface area contributed by atoms with Crippen LogP contribution in [0.15, 0.2) is 66.7 Å². The third-order valence-corrected chi connectivity index (χ3v) is 8.24. The second-order valence-electron chi connectivity index (χ2n) is 10.4. The molecular weight excluding hydrogens is 436 g/mol. The molecule has 0 unspecified atom stereocenters. The number of hydrogen-bond acceptors (Lipinski definition) is 4. The minimum Gasteiger partial charge on any atom is -0.427 e. The molecule has 3 aromatic carbocycles. The Balaban J connectivity index is 1.44. The fourth-order valence-corrected chi connectivity index (χ4v) is 6.34. The topological polar surface area (TPSA) is 49.9 Å². The van der Waals surface area contributed by atoms with Gasteiger partial charge in [0.15, 0.2) is 0 Å². The monoisotopic (exact) mass is 470 g/mol. The normalized spacial score (nSPS) is 24.5. The molecule has 0 spiro atoms. The Bertz CT molecular complexity index is 1260. The van der Waals surface area contributed by atoms with Gasteiger partial charge >= 0.3 is 5.97 Å². The molecule has 35 heavy (non-hydrogen) atoms. The van der Waals surface area contributed by atoms with Gasteiger partial charge < -0.3 is 14.5 Å². The van der Waals surface area contributed by atoms with Gasteiger partial charge in [-0.05, 0) is 85.8 Å². The minimum absolute atomic E-state index is 0.0382. The standard InChI is InChI=1S/C30H34N2O3/c1-21(33)35-28-10-6-9-25(18-28)30-15-16-31(2)20-26(30)13-14-27(19-30)32(3)29(34)24-12-11-22-7-4-5-8-23(22)17-24/h4-12,17-18,26-27H,13-16,19-20H2,1-3H3/t26-,27+,30+/m1/s1. The summed E-state index contributed by atoms with van der Waals surface area (Å²) in [7, 11) is 4.15. The Morgan fingerprint density at radius 1 is 1.00 bits per heavy atom. The third-order valence-electron chi connectivity index (χ3n) is 8.24. The number of esters is 1. The highest BCUT2D eigenvalue weighted by atomic mass is 16.5. The molecular formula is C30H34N2O3. The van der Waals surface area contributed by atoms with Crippen LogP contribution in [0.2, 0.25) is 0 Å². The summed E-state index contributed by atoms with van der Waals surface area (Å²) in [5.74, 6) is 0.886. The van der Waals surface area contributed by atoms with Crippen LogP contribution in [-0.4, -0.2) is 54.9 Å². The number of benzene rings is 3. The molecule has 5 heteroatoms. The average molecular weight is 471 g/mol.